The van der Waals surface area contributed by atoms with Gasteiger partial charge in [-0.1, -0.05) is 17.3 Å². The number of aromatic nitrogens is 2. The van der Waals surface area contributed by atoms with Gasteiger partial charge < -0.3 is 15.4 Å². The molecule has 0 saturated carbocycles. The maximum absolute atomic E-state index is 9.17. The molecule has 0 aliphatic heterocycles. The second-order valence-corrected chi connectivity index (χ2v) is 3.91. The fourth-order valence-corrected chi connectivity index (χ4v) is 1.50. The molecule has 18 heavy (non-hydrogen) atoms. The standard InChI is InChI=1S/C13H13N3O2/c1-2-3-11(14)13-15-12(16-18-13)8-9-4-6-10(17)7-5-9/h1,4-7,11,17H,3,8,14H2. The predicted molar refractivity (Wildman–Crippen MR) is 65.6 cm³/mol. The fourth-order valence-electron chi connectivity index (χ4n) is 1.50. The van der Waals surface area contributed by atoms with Gasteiger partial charge in [0.15, 0.2) is 5.82 Å². The molecule has 0 radical (unpaired) electrons. The van der Waals surface area contributed by atoms with Crippen LogP contribution in [0.2, 0.25) is 0 Å². The van der Waals surface area contributed by atoms with Crippen LogP contribution in [0, 0.1) is 12.3 Å². The average molecular weight is 243 g/mol. The summed E-state index contributed by atoms with van der Waals surface area (Å²) in [7, 11) is 0. The quantitative estimate of drug-likeness (QED) is 0.792. The summed E-state index contributed by atoms with van der Waals surface area (Å²) >= 11 is 0. The smallest absolute Gasteiger partial charge is 0.244 e. The Morgan fingerprint density at radius 3 is 2.78 bits per heavy atom. The molecule has 2 aromatic rings. The van der Waals surface area contributed by atoms with Gasteiger partial charge in [-0.25, -0.2) is 0 Å². The number of nitrogens with two attached hydrogens (primary N) is 1. The molecule has 2 rings (SSSR count). The number of hydrogen-bond acceptors (Lipinski definition) is 5. The van der Waals surface area contributed by atoms with E-state index in [0.717, 1.165) is 5.56 Å². The van der Waals surface area contributed by atoms with Crippen LogP contribution in [0.25, 0.3) is 0 Å². The lowest BCUT2D eigenvalue weighted by molar-refractivity contribution is 0.353. The second kappa shape index (κ2) is 5.34. The van der Waals surface area contributed by atoms with Gasteiger partial charge in [0.2, 0.25) is 5.89 Å². The van der Waals surface area contributed by atoms with E-state index in [0.29, 0.717) is 24.6 Å². The van der Waals surface area contributed by atoms with Crippen molar-refractivity contribution in [2.75, 3.05) is 0 Å². The van der Waals surface area contributed by atoms with E-state index in [-0.39, 0.29) is 5.75 Å². The van der Waals surface area contributed by atoms with Crippen LogP contribution < -0.4 is 5.73 Å². The van der Waals surface area contributed by atoms with Crippen molar-refractivity contribution in [3.8, 4) is 18.1 Å². The van der Waals surface area contributed by atoms with Gasteiger partial charge in [0.25, 0.3) is 0 Å². The first-order valence-corrected chi connectivity index (χ1v) is 5.48. The van der Waals surface area contributed by atoms with Gasteiger partial charge in [-0.15, -0.1) is 12.3 Å². The van der Waals surface area contributed by atoms with E-state index >= 15 is 0 Å². The third-order valence-electron chi connectivity index (χ3n) is 2.44. The van der Waals surface area contributed by atoms with Crippen LogP contribution in [0.5, 0.6) is 5.75 Å². The van der Waals surface area contributed by atoms with Crippen molar-refractivity contribution in [2.45, 2.75) is 18.9 Å². The van der Waals surface area contributed by atoms with Crippen molar-refractivity contribution >= 4 is 0 Å². The maximum Gasteiger partial charge on any atom is 0.244 e. The Morgan fingerprint density at radius 1 is 1.39 bits per heavy atom. The monoisotopic (exact) mass is 243 g/mol. The van der Waals surface area contributed by atoms with E-state index in [9.17, 15) is 5.11 Å². The summed E-state index contributed by atoms with van der Waals surface area (Å²) in [6, 6.07) is 6.40. The van der Waals surface area contributed by atoms with Crippen LogP contribution >= 0.6 is 0 Å². The highest BCUT2D eigenvalue weighted by atomic mass is 16.5. The van der Waals surface area contributed by atoms with Gasteiger partial charge in [-0.05, 0) is 17.7 Å². The molecule has 1 aromatic carbocycles. The first-order valence-electron chi connectivity index (χ1n) is 5.48. The van der Waals surface area contributed by atoms with E-state index in [2.05, 4.69) is 16.1 Å². The number of nitrogens with zero attached hydrogens (tertiary/aromatic N) is 2. The number of rotatable bonds is 4. The lowest BCUT2D eigenvalue weighted by atomic mass is 10.1. The molecule has 92 valence electrons. The molecular formula is C13H13N3O2. The van der Waals surface area contributed by atoms with Crippen molar-refractivity contribution in [3.05, 3.63) is 41.5 Å². The molecule has 0 spiro atoms. The molecule has 0 saturated heterocycles. The van der Waals surface area contributed by atoms with E-state index < -0.39 is 6.04 Å². The van der Waals surface area contributed by atoms with E-state index in [1.165, 1.54) is 0 Å². The number of benzene rings is 1. The third kappa shape index (κ3) is 2.87. The normalized spacial score (nSPS) is 12.0. The molecule has 5 nitrogen and oxygen atoms in total. The minimum Gasteiger partial charge on any atom is -0.508 e. The minimum atomic E-state index is -0.420. The lowest BCUT2D eigenvalue weighted by Crippen LogP contribution is -2.09. The van der Waals surface area contributed by atoms with Crippen LogP contribution in [0.15, 0.2) is 28.8 Å². The van der Waals surface area contributed by atoms with Crippen LogP contribution in [0.4, 0.5) is 0 Å². The summed E-state index contributed by atoms with van der Waals surface area (Å²) < 4.78 is 5.04. The molecular weight excluding hydrogens is 230 g/mol. The molecule has 0 amide bonds. The lowest BCUT2D eigenvalue weighted by Gasteiger charge is -1.99. The highest BCUT2D eigenvalue weighted by molar-refractivity contribution is 5.27. The third-order valence-corrected chi connectivity index (χ3v) is 2.44. The van der Waals surface area contributed by atoms with E-state index in [1.54, 1.807) is 24.3 Å². The van der Waals surface area contributed by atoms with E-state index in [1.807, 2.05) is 0 Å². The molecule has 0 aliphatic carbocycles. The van der Waals surface area contributed by atoms with Crippen molar-refractivity contribution in [3.63, 3.8) is 0 Å². The first kappa shape index (κ1) is 12.1. The number of aromatic hydroxyl groups is 1. The van der Waals surface area contributed by atoms with Gasteiger partial charge in [-0.2, -0.15) is 4.98 Å². The Kier molecular flexibility index (Phi) is 3.60. The number of phenols is 1. The van der Waals surface area contributed by atoms with Crippen LogP contribution in [-0.2, 0) is 6.42 Å². The average Bonchev–Trinajstić information content (AvgIpc) is 2.81. The molecule has 0 bridgehead atoms. The summed E-state index contributed by atoms with van der Waals surface area (Å²) in [5.74, 6) is 3.57. The summed E-state index contributed by atoms with van der Waals surface area (Å²) in [5.41, 5.74) is 6.74. The number of phenolic OH excluding ortho intramolecular Hbond substituents is 1. The first-order chi connectivity index (χ1) is 8.69. The minimum absolute atomic E-state index is 0.226. The zero-order valence-electron chi connectivity index (χ0n) is 9.71. The molecule has 0 fully saturated rings. The molecule has 0 aliphatic rings. The summed E-state index contributed by atoms with van der Waals surface area (Å²) in [6.07, 6.45) is 6.05. The van der Waals surface area contributed by atoms with Gasteiger partial charge in [0.1, 0.15) is 5.75 Å². The van der Waals surface area contributed by atoms with Gasteiger partial charge in [0.05, 0.1) is 6.04 Å². The highest BCUT2D eigenvalue weighted by Crippen LogP contribution is 2.15. The van der Waals surface area contributed by atoms with Crippen molar-refractivity contribution in [1.82, 2.24) is 10.1 Å². The number of hydrogen-bond donors (Lipinski definition) is 2. The Bertz CT molecular complexity index is 554. The Balaban J connectivity index is 2.07. The maximum atomic E-state index is 9.17. The molecule has 1 unspecified atom stereocenters. The Labute approximate surface area is 105 Å². The molecule has 3 N–H and O–H groups in total. The second-order valence-electron chi connectivity index (χ2n) is 3.91. The topological polar surface area (TPSA) is 85.2 Å². The summed E-state index contributed by atoms with van der Waals surface area (Å²) in [6.45, 7) is 0. The largest absolute Gasteiger partial charge is 0.508 e. The van der Waals surface area contributed by atoms with Crippen molar-refractivity contribution < 1.29 is 9.63 Å². The van der Waals surface area contributed by atoms with E-state index in [4.69, 9.17) is 16.7 Å². The van der Waals surface area contributed by atoms with Crippen molar-refractivity contribution in [2.24, 2.45) is 5.73 Å². The SMILES string of the molecule is C#CCC(N)c1nc(Cc2ccc(O)cc2)no1. The number of terminal acetylenes is 1. The zero-order chi connectivity index (χ0) is 13.0. The van der Waals surface area contributed by atoms with Gasteiger partial charge in [0, 0.05) is 12.8 Å². The van der Waals surface area contributed by atoms with Crippen LogP contribution in [0.1, 0.15) is 29.7 Å². The van der Waals surface area contributed by atoms with Crippen molar-refractivity contribution in [1.29, 1.82) is 0 Å². The predicted octanol–water partition coefficient (Wildman–Crippen LogP) is 1.39. The van der Waals surface area contributed by atoms with Crippen LogP contribution in [0.3, 0.4) is 0 Å². The molecule has 1 atom stereocenters. The summed E-state index contributed by atoms with van der Waals surface area (Å²) in [4.78, 5) is 4.19. The highest BCUT2D eigenvalue weighted by Gasteiger charge is 2.13. The fraction of sp³-hybridized carbons (Fsp3) is 0.231. The molecule has 1 heterocycles. The zero-order valence-corrected chi connectivity index (χ0v) is 9.71. The molecule has 1 aromatic heterocycles. The molecule has 5 heteroatoms. The van der Waals surface area contributed by atoms with Gasteiger partial charge in [-0.3, -0.25) is 0 Å². The Morgan fingerprint density at radius 2 is 2.11 bits per heavy atom. The summed E-state index contributed by atoms with van der Waals surface area (Å²) in [5, 5.41) is 13.0. The Hall–Kier alpha value is -2.32. The van der Waals surface area contributed by atoms with Crippen LogP contribution in [-0.4, -0.2) is 15.2 Å². The van der Waals surface area contributed by atoms with Gasteiger partial charge >= 0.3 is 0 Å².